The number of carbonyl (C=O) groups is 3. The van der Waals surface area contributed by atoms with E-state index in [0.717, 1.165) is 12.1 Å². The van der Waals surface area contributed by atoms with Crippen molar-refractivity contribution in [3.8, 4) is 0 Å². The van der Waals surface area contributed by atoms with E-state index in [2.05, 4.69) is 10.3 Å². The van der Waals surface area contributed by atoms with Crippen molar-refractivity contribution in [1.82, 2.24) is 4.98 Å². The van der Waals surface area contributed by atoms with Gasteiger partial charge in [0.05, 0.1) is 0 Å². The Morgan fingerprint density at radius 1 is 1.15 bits per heavy atom. The molecule has 0 aliphatic carbocycles. The number of halogens is 2. The van der Waals surface area contributed by atoms with Crippen molar-refractivity contribution >= 4 is 23.3 Å². The van der Waals surface area contributed by atoms with Crippen LogP contribution in [0.25, 0.3) is 0 Å². The van der Waals surface area contributed by atoms with Crippen molar-refractivity contribution in [2.75, 3.05) is 5.32 Å². The van der Waals surface area contributed by atoms with Crippen LogP contribution in [0.5, 0.6) is 0 Å². The Bertz CT molecular complexity index is 890. The number of ketones is 1. The highest BCUT2D eigenvalue weighted by molar-refractivity contribution is 6.02. The molecule has 2 rings (SSSR count). The van der Waals surface area contributed by atoms with Gasteiger partial charge in [-0.15, -0.1) is 0 Å². The molecule has 6 nitrogen and oxygen atoms in total. The lowest BCUT2D eigenvalue weighted by molar-refractivity contribution is -0.123. The summed E-state index contributed by atoms with van der Waals surface area (Å²) in [5, 5.41) is 2.33. The molecule has 1 aromatic carbocycles. The number of rotatable bonds is 5. The Hall–Kier alpha value is -3.03. The number of hydrogen-bond donors (Lipinski definition) is 2. The Morgan fingerprint density at radius 2 is 1.81 bits per heavy atom. The Labute approximate surface area is 148 Å². The lowest BCUT2D eigenvalue weighted by Gasteiger charge is -2.13. The van der Waals surface area contributed by atoms with Gasteiger partial charge in [0.1, 0.15) is 5.69 Å². The van der Waals surface area contributed by atoms with Crippen molar-refractivity contribution in [2.24, 2.45) is 0 Å². The van der Waals surface area contributed by atoms with Gasteiger partial charge in [-0.05, 0) is 45.4 Å². The molecular weight excluding hydrogens is 346 g/mol. The second-order valence-corrected chi connectivity index (χ2v) is 5.85. The Balaban J connectivity index is 2.09. The minimum atomic E-state index is -1.20. The number of carbonyl (C=O) groups excluding carboxylic acids is 3. The van der Waals surface area contributed by atoms with Crippen LogP contribution < -0.4 is 5.32 Å². The van der Waals surface area contributed by atoms with E-state index in [0.29, 0.717) is 16.8 Å². The number of aromatic nitrogens is 1. The van der Waals surface area contributed by atoms with Crippen molar-refractivity contribution in [3.05, 3.63) is 52.3 Å². The van der Waals surface area contributed by atoms with Crippen LogP contribution in [0.15, 0.2) is 18.2 Å². The molecule has 2 N–H and O–H groups in total. The predicted molar refractivity (Wildman–Crippen MR) is 90.1 cm³/mol. The van der Waals surface area contributed by atoms with Crippen LogP contribution in [0.2, 0.25) is 0 Å². The van der Waals surface area contributed by atoms with Crippen LogP contribution in [0, 0.1) is 25.5 Å². The molecule has 0 aliphatic heterocycles. The topological polar surface area (TPSA) is 88.3 Å². The van der Waals surface area contributed by atoms with Crippen LogP contribution in [0.4, 0.5) is 14.5 Å². The Morgan fingerprint density at radius 3 is 2.35 bits per heavy atom. The summed E-state index contributed by atoms with van der Waals surface area (Å²) in [4.78, 5) is 38.7. The number of H-pyrrole nitrogens is 1. The van der Waals surface area contributed by atoms with Gasteiger partial charge in [-0.2, -0.15) is 0 Å². The summed E-state index contributed by atoms with van der Waals surface area (Å²) in [6, 6.07) is 2.87. The molecule has 0 unspecified atom stereocenters. The van der Waals surface area contributed by atoms with E-state index >= 15 is 0 Å². The maximum absolute atomic E-state index is 13.2. The van der Waals surface area contributed by atoms with Gasteiger partial charge in [0.15, 0.2) is 23.5 Å². The molecule has 1 aromatic heterocycles. The van der Waals surface area contributed by atoms with Crippen molar-refractivity contribution < 1.29 is 27.9 Å². The predicted octanol–water partition coefficient (Wildman–Crippen LogP) is 3.30. The quantitative estimate of drug-likeness (QED) is 0.629. The second kappa shape index (κ2) is 7.47. The average molecular weight is 364 g/mol. The van der Waals surface area contributed by atoms with Crippen LogP contribution in [-0.2, 0) is 9.53 Å². The van der Waals surface area contributed by atoms with Crippen LogP contribution in [-0.4, -0.2) is 28.7 Å². The number of anilines is 1. The minimum Gasteiger partial charge on any atom is -0.448 e. The first-order valence-corrected chi connectivity index (χ1v) is 7.78. The highest BCUT2D eigenvalue weighted by atomic mass is 19.2. The summed E-state index contributed by atoms with van der Waals surface area (Å²) < 4.78 is 31.2. The first-order chi connectivity index (χ1) is 12.1. The molecule has 0 saturated carbocycles. The molecule has 1 atom stereocenters. The van der Waals surface area contributed by atoms with Crippen LogP contribution in [0.1, 0.15) is 46.0 Å². The van der Waals surface area contributed by atoms with Gasteiger partial charge >= 0.3 is 5.97 Å². The zero-order valence-electron chi connectivity index (χ0n) is 14.7. The number of nitrogens with one attached hydrogen (secondary N) is 2. The molecule has 1 heterocycles. The number of aryl methyl sites for hydroxylation is 1. The lowest BCUT2D eigenvalue weighted by atomic mass is 10.1. The monoisotopic (exact) mass is 364 g/mol. The van der Waals surface area contributed by atoms with Gasteiger partial charge < -0.3 is 15.0 Å². The van der Waals surface area contributed by atoms with Gasteiger partial charge in [-0.1, -0.05) is 0 Å². The van der Waals surface area contributed by atoms with Crippen molar-refractivity contribution in [2.45, 2.75) is 33.8 Å². The molecule has 26 heavy (non-hydrogen) atoms. The number of ether oxygens (including phenoxy) is 1. The summed E-state index contributed by atoms with van der Waals surface area (Å²) >= 11 is 0. The molecule has 2 aromatic rings. The number of Topliss-reactive ketones (excluding diaryl/α,β-unsaturated/α-hetero) is 1. The molecule has 0 aliphatic rings. The van der Waals surface area contributed by atoms with E-state index in [1.54, 1.807) is 13.8 Å². The fourth-order valence-corrected chi connectivity index (χ4v) is 2.57. The largest absolute Gasteiger partial charge is 0.448 e. The second-order valence-electron chi connectivity index (χ2n) is 5.85. The molecule has 0 radical (unpaired) electrons. The third-order valence-corrected chi connectivity index (χ3v) is 3.83. The maximum Gasteiger partial charge on any atom is 0.355 e. The number of hydrogen-bond acceptors (Lipinski definition) is 4. The van der Waals surface area contributed by atoms with E-state index in [4.69, 9.17) is 4.74 Å². The fourth-order valence-electron chi connectivity index (χ4n) is 2.57. The van der Waals surface area contributed by atoms with Gasteiger partial charge in [-0.25, -0.2) is 13.6 Å². The van der Waals surface area contributed by atoms with Crippen LogP contribution in [0.3, 0.4) is 0 Å². The summed E-state index contributed by atoms with van der Waals surface area (Å²) in [7, 11) is 0. The number of benzene rings is 1. The van der Waals surface area contributed by atoms with Gasteiger partial charge in [0, 0.05) is 23.0 Å². The first-order valence-electron chi connectivity index (χ1n) is 7.78. The average Bonchev–Trinajstić information content (AvgIpc) is 2.85. The maximum atomic E-state index is 13.2. The number of amides is 1. The van der Waals surface area contributed by atoms with Gasteiger partial charge in [0.2, 0.25) is 0 Å². The molecule has 1 amide bonds. The van der Waals surface area contributed by atoms with E-state index in [-0.39, 0.29) is 17.2 Å². The highest BCUT2D eigenvalue weighted by Crippen LogP contribution is 2.20. The van der Waals surface area contributed by atoms with Gasteiger partial charge in [-0.3, -0.25) is 9.59 Å². The summed E-state index contributed by atoms with van der Waals surface area (Å²) in [6.45, 7) is 5.98. The smallest absolute Gasteiger partial charge is 0.355 e. The molecule has 0 spiro atoms. The summed E-state index contributed by atoms with van der Waals surface area (Å²) in [6.07, 6.45) is -1.20. The summed E-state index contributed by atoms with van der Waals surface area (Å²) in [5.41, 5.74) is 1.48. The van der Waals surface area contributed by atoms with E-state index in [1.165, 1.54) is 19.9 Å². The third-order valence-electron chi connectivity index (χ3n) is 3.83. The molecule has 0 saturated heterocycles. The Kier molecular flexibility index (Phi) is 5.54. The zero-order valence-corrected chi connectivity index (χ0v) is 14.7. The molecule has 8 heteroatoms. The van der Waals surface area contributed by atoms with Crippen molar-refractivity contribution in [3.63, 3.8) is 0 Å². The number of esters is 1. The molecule has 0 bridgehead atoms. The van der Waals surface area contributed by atoms with Gasteiger partial charge in [0.25, 0.3) is 5.91 Å². The summed E-state index contributed by atoms with van der Waals surface area (Å²) in [5.74, 6) is -3.86. The van der Waals surface area contributed by atoms with Crippen LogP contribution >= 0.6 is 0 Å². The first kappa shape index (κ1) is 19.3. The number of aromatic amines is 1. The molecular formula is C18H18F2N2O4. The van der Waals surface area contributed by atoms with E-state index < -0.39 is 29.6 Å². The SMILES string of the molecule is CC(=O)c1c(C)[nH]c(C(=O)O[C@H](C)C(=O)Nc2ccc(F)c(F)c2)c1C. The van der Waals surface area contributed by atoms with Crippen molar-refractivity contribution in [1.29, 1.82) is 0 Å². The normalized spacial score (nSPS) is 11.8. The zero-order chi connectivity index (χ0) is 19.6. The van der Waals surface area contributed by atoms with E-state index in [9.17, 15) is 23.2 Å². The molecule has 138 valence electrons. The minimum absolute atomic E-state index is 0.0302. The van der Waals surface area contributed by atoms with E-state index in [1.807, 2.05) is 0 Å². The lowest BCUT2D eigenvalue weighted by Crippen LogP contribution is -2.30. The standard InChI is InChI=1S/C18H18F2N2O4/c1-8-15(10(3)23)9(2)21-16(8)18(25)26-11(4)17(24)22-12-5-6-13(19)14(20)7-12/h5-7,11,21H,1-4H3,(H,22,24)/t11-/m1/s1. The molecule has 0 fully saturated rings. The third kappa shape index (κ3) is 3.96. The fraction of sp³-hybridized carbons (Fsp3) is 0.278. The highest BCUT2D eigenvalue weighted by Gasteiger charge is 2.24.